The van der Waals surface area contributed by atoms with E-state index in [9.17, 15) is 18.0 Å². The van der Waals surface area contributed by atoms with Gasteiger partial charge in [0.2, 0.25) is 5.91 Å². The number of ether oxygens (including phenoxy) is 3. The van der Waals surface area contributed by atoms with Crippen molar-refractivity contribution in [2.24, 2.45) is 11.0 Å². The smallest absolute Gasteiger partial charge is 0.493 e. The van der Waals surface area contributed by atoms with Gasteiger partial charge in [0, 0.05) is 23.6 Å². The number of alkyl halides is 3. The second kappa shape index (κ2) is 10.8. The van der Waals surface area contributed by atoms with Crippen LogP contribution in [-0.2, 0) is 16.1 Å². The SMILES string of the molecule is CCC1CC(=O)N(Cc2ccc(NC3C=CC=CO3)cc2)N=C1c1ccc(OC)c(OC(F)(F)F)c1. The van der Waals surface area contributed by atoms with Crippen LogP contribution in [0.2, 0.25) is 0 Å². The van der Waals surface area contributed by atoms with Crippen LogP contribution in [0.15, 0.2) is 72.1 Å². The summed E-state index contributed by atoms with van der Waals surface area (Å²) in [5, 5.41) is 9.14. The van der Waals surface area contributed by atoms with Crippen molar-refractivity contribution in [1.29, 1.82) is 0 Å². The van der Waals surface area contributed by atoms with E-state index in [1.807, 2.05) is 43.3 Å². The quantitative estimate of drug-likeness (QED) is 0.510. The lowest BCUT2D eigenvalue weighted by Crippen LogP contribution is -2.36. The van der Waals surface area contributed by atoms with Crippen LogP contribution >= 0.6 is 0 Å². The Hall–Kier alpha value is -3.95. The van der Waals surface area contributed by atoms with Gasteiger partial charge in [0.05, 0.1) is 25.6 Å². The maximum atomic E-state index is 12.9. The van der Waals surface area contributed by atoms with E-state index in [1.165, 1.54) is 24.3 Å². The summed E-state index contributed by atoms with van der Waals surface area (Å²) in [5.41, 5.74) is 2.66. The number of nitrogens with zero attached hydrogens (tertiary/aromatic N) is 2. The molecule has 1 N–H and O–H groups in total. The summed E-state index contributed by atoms with van der Waals surface area (Å²) in [6.07, 6.45) is 2.84. The predicted octanol–water partition coefficient (Wildman–Crippen LogP) is 5.59. The van der Waals surface area contributed by atoms with Crippen LogP contribution in [0.1, 0.15) is 30.9 Å². The van der Waals surface area contributed by atoms with Gasteiger partial charge in [-0.1, -0.05) is 25.1 Å². The summed E-state index contributed by atoms with van der Waals surface area (Å²) in [6, 6.07) is 11.8. The number of carbonyl (C=O) groups excluding carboxylic acids is 1. The molecule has 2 aromatic rings. The Morgan fingerprint density at radius 1 is 1.14 bits per heavy atom. The lowest BCUT2D eigenvalue weighted by Gasteiger charge is -2.29. The molecule has 0 saturated heterocycles. The van der Waals surface area contributed by atoms with Gasteiger partial charge < -0.3 is 19.5 Å². The van der Waals surface area contributed by atoms with E-state index in [4.69, 9.17) is 9.47 Å². The van der Waals surface area contributed by atoms with Crippen molar-refractivity contribution in [3.63, 3.8) is 0 Å². The third-order valence-corrected chi connectivity index (χ3v) is 5.80. The highest BCUT2D eigenvalue weighted by Gasteiger charge is 2.34. The van der Waals surface area contributed by atoms with Gasteiger partial charge in [-0.3, -0.25) is 4.79 Å². The minimum Gasteiger partial charge on any atom is -0.493 e. The molecule has 10 heteroatoms. The van der Waals surface area contributed by atoms with Crippen LogP contribution < -0.4 is 14.8 Å². The number of hydrogen-bond donors (Lipinski definition) is 1. The molecule has 2 heterocycles. The van der Waals surface area contributed by atoms with Crippen LogP contribution in [-0.4, -0.2) is 36.3 Å². The number of benzene rings is 2. The maximum Gasteiger partial charge on any atom is 0.573 e. The molecular weight excluding hydrogens is 475 g/mol. The van der Waals surface area contributed by atoms with E-state index in [-0.39, 0.29) is 36.8 Å². The normalized spacial score (nSPS) is 19.5. The first-order valence-electron chi connectivity index (χ1n) is 11.4. The van der Waals surface area contributed by atoms with Crippen molar-refractivity contribution in [1.82, 2.24) is 5.01 Å². The van der Waals surface area contributed by atoms with Crippen molar-refractivity contribution in [2.45, 2.75) is 38.9 Å². The molecule has 2 aliphatic heterocycles. The molecule has 0 aliphatic carbocycles. The van der Waals surface area contributed by atoms with Crippen molar-refractivity contribution < 1.29 is 32.2 Å². The van der Waals surface area contributed by atoms with Crippen LogP contribution in [0.3, 0.4) is 0 Å². The second-order valence-corrected chi connectivity index (χ2v) is 8.27. The van der Waals surface area contributed by atoms with Crippen LogP contribution in [0.5, 0.6) is 11.5 Å². The number of allylic oxidation sites excluding steroid dienone is 2. The Labute approximate surface area is 206 Å². The molecule has 4 rings (SSSR count). The Morgan fingerprint density at radius 2 is 1.92 bits per heavy atom. The largest absolute Gasteiger partial charge is 0.573 e. The number of amides is 1. The number of methoxy groups -OCH3 is 1. The van der Waals surface area contributed by atoms with Crippen LogP contribution in [0, 0.1) is 5.92 Å². The molecule has 2 atom stereocenters. The molecule has 0 aromatic heterocycles. The molecule has 2 aromatic carbocycles. The molecule has 190 valence electrons. The van der Waals surface area contributed by atoms with E-state index in [0.717, 1.165) is 11.3 Å². The number of hydrazone groups is 1. The van der Waals surface area contributed by atoms with Gasteiger partial charge in [0.15, 0.2) is 17.7 Å². The molecule has 0 radical (unpaired) electrons. The topological polar surface area (TPSA) is 72.4 Å². The van der Waals surface area contributed by atoms with Gasteiger partial charge in [-0.25, -0.2) is 5.01 Å². The van der Waals surface area contributed by atoms with Gasteiger partial charge in [-0.05, 0) is 54.5 Å². The van der Waals surface area contributed by atoms with Crippen molar-refractivity contribution >= 4 is 17.3 Å². The highest BCUT2D eigenvalue weighted by atomic mass is 19.4. The number of hydrogen-bond acceptors (Lipinski definition) is 6. The van der Waals surface area contributed by atoms with E-state index in [1.54, 1.807) is 18.4 Å². The Bertz CT molecular complexity index is 1180. The molecular formula is C26H26F3N3O4. The molecule has 36 heavy (non-hydrogen) atoms. The zero-order valence-corrected chi connectivity index (χ0v) is 19.8. The minimum atomic E-state index is -4.87. The van der Waals surface area contributed by atoms with Gasteiger partial charge in [-0.15, -0.1) is 13.2 Å². The van der Waals surface area contributed by atoms with Crippen molar-refractivity contribution in [2.75, 3.05) is 12.4 Å². The first-order chi connectivity index (χ1) is 17.3. The number of carbonyl (C=O) groups is 1. The lowest BCUT2D eigenvalue weighted by molar-refractivity contribution is -0.275. The summed E-state index contributed by atoms with van der Waals surface area (Å²) in [6.45, 7) is 2.14. The number of halogens is 3. The summed E-state index contributed by atoms with van der Waals surface area (Å²) >= 11 is 0. The van der Waals surface area contributed by atoms with Crippen molar-refractivity contribution in [3.8, 4) is 11.5 Å². The molecule has 1 amide bonds. The second-order valence-electron chi connectivity index (χ2n) is 8.27. The zero-order valence-electron chi connectivity index (χ0n) is 19.8. The highest BCUT2D eigenvalue weighted by molar-refractivity contribution is 6.06. The average molecular weight is 502 g/mol. The molecule has 2 unspecified atom stereocenters. The summed E-state index contributed by atoms with van der Waals surface area (Å²) < 4.78 is 53.3. The first kappa shape index (κ1) is 25.2. The van der Waals surface area contributed by atoms with Crippen LogP contribution in [0.4, 0.5) is 18.9 Å². The molecule has 0 fully saturated rings. The van der Waals surface area contributed by atoms with Crippen molar-refractivity contribution in [3.05, 3.63) is 78.1 Å². The Balaban J connectivity index is 1.55. The Kier molecular flexibility index (Phi) is 7.52. The third kappa shape index (κ3) is 6.18. The van der Waals surface area contributed by atoms with Gasteiger partial charge in [0.25, 0.3) is 0 Å². The standard InChI is InChI=1S/C26H26F3N3O4/c1-3-18-15-24(33)32(16-17-7-10-20(11-8-17)30-23-6-4-5-13-35-23)31-25(18)19-9-12-21(34-2)22(14-19)36-26(27,28)29/h4-14,18,23,30H,3,15-16H2,1-2H3. The fourth-order valence-corrected chi connectivity index (χ4v) is 3.99. The van der Waals surface area contributed by atoms with Gasteiger partial charge >= 0.3 is 6.36 Å². The lowest BCUT2D eigenvalue weighted by atomic mass is 9.89. The molecule has 0 spiro atoms. The Morgan fingerprint density at radius 3 is 2.56 bits per heavy atom. The highest BCUT2D eigenvalue weighted by Crippen LogP contribution is 2.35. The van der Waals surface area contributed by atoms with E-state index >= 15 is 0 Å². The average Bonchev–Trinajstić information content (AvgIpc) is 2.86. The molecule has 0 bridgehead atoms. The van der Waals surface area contributed by atoms with E-state index in [0.29, 0.717) is 17.7 Å². The monoisotopic (exact) mass is 501 g/mol. The molecule has 0 saturated carbocycles. The summed E-state index contributed by atoms with van der Waals surface area (Å²) in [4.78, 5) is 12.8. The molecule has 7 nitrogen and oxygen atoms in total. The number of rotatable bonds is 8. The molecule has 2 aliphatic rings. The third-order valence-electron chi connectivity index (χ3n) is 5.80. The first-order valence-corrected chi connectivity index (χ1v) is 11.4. The number of anilines is 1. The minimum absolute atomic E-state index is 0.0488. The van der Waals surface area contributed by atoms with Gasteiger partial charge in [0.1, 0.15) is 0 Å². The van der Waals surface area contributed by atoms with Gasteiger partial charge in [-0.2, -0.15) is 5.10 Å². The van der Waals surface area contributed by atoms with Crippen LogP contribution in [0.25, 0.3) is 0 Å². The predicted molar refractivity (Wildman–Crippen MR) is 128 cm³/mol. The van der Waals surface area contributed by atoms with E-state index < -0.39 is 12.1 Å². The summed E-state index contributed by atoms with van der Waals surface area (Å²) in [7, 11) is 1.27. The fourth-order valence-electron chi connectivity index (χ4n) is 3.99. The number of nitrogens with one attached hydrogen (secondary N) is 1. The van der Waals surface area contributed by atoms with E-state index in [2.05, 4.69) is 15.2 Å². The summed E-state index contributed by atoms with van der Waals surface area (Å²) in [5.74, 6) is -0.892. The maximum absolute atomic E-state index is 12.9. The fraction of sp³-hybridized carbons (Fsp3) is 0.308. The zero-order chi connectivity index (χ0) is 25.7.